The molecule has 1 fully saturated rings. The van der Waals surface area contributed by atoms with Crippen molar-refractivity contribution in [3.05, 3.63) is 0 Å². The summed E-state index contributed by atoms with van der Waals surface area (Å²) < 4.78 is 10.1. The number of nitrogens with zero attached hydrogens (tertiary/aromatic N) is 1. The second-order valence-corrected chi connectivity index (χ2v) is 4.87. The van der Waals surface area contributed by atoms with Crippen LogP contribution >= 0.6 is 0 Å². The van der Waals surface area contributed by atoms with E-state index in [2.05, 4.69) is 4.74 Å². The fraction of sp³-hybridized carbons (Fsp3) is 0.846. The zero-order valence-electron chi connectivity index (χ0n) is 11.5. The number of carbonyl (C=O) groups excluding carboxylic acids is 2. The first-order valence-electron chi connectivity index (χ1n) is 6.52. The molecule has 0 spiro atoms. The summed E-state index contributed by atoms with van der Waals surface area (Å²) in [4.78, 5) is 24.9. The van der Waals surface area contributed by atoms with Crippen molar-refractivity contribution >= 4 is 11.9 Å². The fourth-order valence-electron chi connectivity index (χ4n) is 2.06. The molecule has 1 heterocycles. The molecular formula is C13H23NO4. The number of amides is 1. The Labute approximate surface area is 108 Å². The first kappa shape index (κ1) is 15.0. The van der Waals surface area contributed by atoms with E-state index in [0.29, 0.717) is 6.42 Å². The molecule has 0 aromatic heterocycles. The van der Waals surface area contributed by atoms with Crippen molar-refractivity contribution < 1.29 is 19.1 Å². The van der Waals surface area contributed by atoms with Gasteiger partial charge < -0.3 is 14.4 Å². The minimum absolute atomic E-state index is 0.00102. The molecule has 1 atom stereocenters. The number of methoxy groups -OCH3 is 1. The number of rotatable bonds is 6. The van der Waals surface area contributed by atoms with Gasteiger partial charge in [0.05, 0.1) is 13.2 Å². The topological polar surface area (TPSA) is 55.8 Å². The Morgan fingerprint density at radius 3 is 2.67 bits per heavy atom. The third kappa shape index (κ3) is 4.64. The Balaban J connectivity index is 2.40. The number of esters is 1. The summed E-state index contributed by atoms with van der Waals surface area (Å²) in [5.41, 5.74) is 0. The monoisotopic (exact) mass is 257 g/mol. The van der Waals surface area contributed by atoms with Gasteiger partial charge in [-0.1, -0.05) is 0 Å². The molecule has 0 aromatic rings. The van der Waals surface area contributed by atoms with Crippen LogP contribution in [-0.2, 0) is 19.1 Å². The molecule has 0 aromatic carbocycles. The predicted octanol–water partition coefficient (Wildman–Crippen LogP) is 1.36. The van der Waals surface area contributed by atoms with E-state index in [1.165, 1.54) is 7.11 Å². The van der Waals surface area contributed by atoms with E-state index >= 15 is 0 Å². The van der Waals surface area contributed by atoms with E-state index in [9.17, 15) is 9.59 Å². The average molecular weight is 257 g/mol. The molecule has 5 nitrogen and oxygen atoms in total. The van der Waals surface area contributed by atoms with Gasteiger partial charge in [-0.05, 0) is 33.1 Å². The summed E-state index contributed by atoms with van der Waals surface area (Å²) in [5.74, 6) is -0.389. The van der Waals surface area contributed by atoms with Crippen LogP contribution in [0, 0.1) is 0 Å². The normalized spacial score (nSPS) is 19.0. The van der Waals surface area contributed by atoms with E-state index in [1.807, 2.05) is 13.8 Å². The van der Waals surface area contributed by atoms with E-state index in [0.717, 1.165) is 25.9 Å². The minimum Gasteiger partial charge on any atom is -0.468 e. The highest BCUT2D eigenvalue weighted by atomic mass is 16.5. The zero-order valence-corrected chi connectivity index (χ0v) is 11.5. The summed E-state index contributed by atoms with van der Waals surface area (Å²) in [6.45, 7) is 4.62. The van der Waals surface area contributed by atoms with Gasteiger partial charge in [0.1, 0.15) is 6.54 Å². The summed E-state index contributed by atoms with van der Waals surface area (Å²) in [7, 11) is 1.33. The summed E-state index contributed by atoms with van der Waals surface area (Å²) in [6, 6.07) is 0.00102. The first-order chi connectivity index (χ1) is 8.54. The van der Waals surface area contributed by atoms with Gasteiger partial charge in [0.2, 0.25) is 5.91 Å². The van der Waals surface area contributed by atoms with Crippen LogP contribution in [0.2, 0.25) is 0 Å². The van der Waals surface area contributed by atoms with Crippen LogP contribution in [0.4, 0.5) is 0 Å². The Bertz CT molecular complexity index is 285. The maximum absolute atomic E-state index is 12.1. The highest BCUT2D eigenvalue weighted by Crippen LogP contribution is 2.17. The standard InChI is InChI=1S/C13H23NO4/c1-10(2)14(9-13(16)17-3)12(15)7-6-11-5-4-8-18-11/h10-11H,4-9H2,1-3H3. The molecule has 0 saturated carbocycles. The van der Waals surface area contributed by atoms with Crippen LogP contribution in [0.15, 0.2) is 0 Å². The van der Waals surface area contributed by atoms with Crippen molar-refractivity contribution in [1.29, 1.82) is 0 Å². The van der Waals surface area contributed by atoms with Gasteiger partial charge in [0.15, 0.2) is 0 Å². The van der Waals surface area contributed by atoms with Crippen LogP contribution in [0.5, 0.6) is 0 Å². The van der Waals surface area contributed by atoms with Crippen LogP contribution in [0.1, 0.15) is 39.5 Å². The van der Waals surface area contributed by atoms with Crippen molar-refractivity contribution in [3.63, 3.8) is 0 Å². The average Bonchev–Trinajstić information content (AvgIpc) is 2.85. The van der Waals surface area contributed by atoms with Crippen molar-refractivity contribution in [2.75, 3.05) is 20.3 Å². The molecule has 1 amide bonds. The van der Waals surface area contributed by atoms with Gasteiger partial charge in [0.25, 0.3) is 0 Å². The van der Waals surface area contributed by atoms with Gasteiger partial charge in [0, 0.05) is 19.1 Å². The SMILES string of the molecule is COC(=O)CN(C(=O)CCC1CCCO1)C(C)C. The molecule has 1 aliphatic rings. The number of ether oxygens (including phenoxy) is 2. The van der Waals surface area contributed by atoms with Crippen LogP contribution < -0.4 is 0 Å². The van der Waals surface area contributed by atoms with Gasteiger partial charge in [-0.25, -0.2) is 0 Å². The number of hydrogen-bond acceptors (Lipinski definition) is 4. The smallest absolute Gasteiger partial charge is 0.325 e. The summed E-state index contributed by atoms with van der Waals surface area (Å²) in [5, 5.41) is 0. The van der Waals surface area contributed by atoms with Crippen molar-refractivity contribution in [2.24, 2.45) is 0 Å². The molecular weight excluding hydrogens is 234 g/mol. The Hall–Kier alpha value is -1.10. The third-order valence-corrected chi connectivity index (χ3v) is 3.17. The minimum atomic E-state index is -0.380. The van der Waals surface area contributed by atoms with E-state index in [4.69, 9.17) is 4.74 Å². The molecule has 1 saturated heterocycles. The first-order valence-corrected chi connectivity index (χ1v) is 6.52. The molecule has 0 bridgehead atoms. The van der Waals surface area contributed by atoms with Gasteiger partial charge in [-0.3, -0.25) is 9.59 Å². The molecule has 0 N–H and O–H groups in total. The number of carbonyl (C=O) groups is 2. The predicted molar refractivity (Wildman–Crippen MR) is 67.1 cm³/mol. The van der Waals surface area contributed by atoms with Crippen molar-refractivity contribution in [3.8, 4) is 0 Å². The van der Waals surface area contributed by atoms with Crippen LogP contribution in [0.25, 0.3) is 0 Å². The second kappa shape index (κ2) is 7.36. The lowest BCUT2D eigenvalue weighted by molar-refractivity contribution is -0.148. The second-order valence-electron chi connectivity index (χ2n) is 4.87. The molecule has 0 radical (unpaired) electrons. The summed E-state index contributed by atoms with van der Waals surface area (Å²) >= 11 is 0. The lowest BCUT2D eigenvalue weighted by atomic mass is 10.1. The number of hydrogen-bond donors (Lipinski definition) is 0. The highest BCUT2D eigenvalue weighted by molar-refractivity contribution is 5.82. The van der Waals surface area contributed by atoms with E-state index in [-0.39, 0.29) is 30.6 Å². The highest BCUT2D eigenvalue weighted by Gasteiger charge is 2.23. The van der Waals surface area contributed by atoms with Crippen LogP contribution in [0.3, 0.4) is 0 Å². The summed E-state index contributed by atoms with van der Waals surface area (Å²) in [6.07, 6.45) is 3.49. The van der Waals surface area contributed by atoms with Crippen LogP contribution in [-0.4, -0.2) is 49.2 Å². The Morgan fingerprint density at radius 1 is 1.44 bits per heavy atom. The van der Waals surface area contributed by atoms with Crippen molar-refractivity contribution in [2.45, 2.75) is 51.7 Å². The Kier molecular flexibility index (Phi) is 6.12. The molecule has 18 heavy (non-hydrogen) atoms. The quantitative estimate of drug-likeness (QED) is 0.674. The third-order valence-electron chi connectivity index (χ3n) is 3.17. The molecule has 1 unspecified atom stereocenters. The van der Waals surface area contributed by atoms with E-state index in [1.54, 1.807) is 4.90 Å². The lowest BCUT2D eigenvalue weighted by Gasteiger charge is -2.26. The zero-order chi connectivity index (χ0) is 13.5. The van der Waals surface area contributed by atoms with Crippen molar-refractivity contribution in [1.82, 2.24) is 4.90 Å². The lowest BCUT2D eigenvalue weighted by Crippen LogP contribution is -2.41. The maximum Gasteiger partial charge on any atom is 0.325 e. The Morgan fingerprint density at radius 2 is 2.17 bits per heavy atom. The maximum atomic E-state index is 12.1. The molecule has 1 aliphatic heterocycles. The van der Waals surface area contributed by atoms with E-state index < -0.39 is 0 Å². The molecule has 1 rings (SSSR count). The molecule has 104 valence electrons. The molecule has 5 heteroatoms. The largest absolute Gasteiger partial charge is 0.468 e. The van der Waals surface area contributed by atoms with Gasteiger partial charge in [-0.2, -0.15) is 0 Å². The van der Waals surface area contributed by atoms with Gasteiger partial charge >= 0.3 is 5.97 Å². The fourth-order valence-corrected chi connectivity index (χ4v) is 2.06. The van der Waals surface area contributed by atoms with Gasteiger partial charge in [-0.15, -0.1) is 0 Å². The molecule has 0 aliphatic carbocycles.